The fraction of sp³-hybridized carbons (Fsp3) is 0.167. The maximum Gasteiger partial charge on any atom is 0.116 e. The summed E-state index contributed by atoms with van der Waals surface area (Å²) < 4.78 is 16.9. The summed E-state index contributed by atoms with van der Waals surface area (Å²) in [6, 6.07) is 13.5. The first kappa shape index (κ1) is 10.2. The molecule has 0 spiro atoms. The van der Waals surface area contributed by atoms with E-state index in [1.165, 1.54) is 0 Å². The second-order valence-corrected chi connectivity index (χ2v) is 4.75. The summed E-state index contributed by atoms with van der Waals surface area (Å²) >= 11 is 0. The third-order valence-corrected chi connectivity index (χ3v) is 3.32. The topological polar surface area (TPSA) is 30.2 Å². The van der Waals surface area contributed by atoms with Gasteiger partial charge in [-0.1, -0.05) is 30.3 Å². The van der Waals surface area contributed by atoms with Crippen molar-refractivity contribution in [3.05, 3.63) is 60.1 Å². The predicted molar refractivity (Wildman–Crippen MR) is 60.7 cm³/mol. The van der Waals surface area contributed by atoms with Gasteiger partial charge in [-0.05, 0) is 17.7 Å². The molecule has 0 N–H and O–H groups in total. The Kier molecular flexibility index (Phi) is 3.35. The molecule has 1 heterocycles. The summed E-state index contributed by atoms with van der Waals surface area (Å²) in [4.78, 5) is 0. The van der Waals surface area contributed by atoms with Gasteiger partial charge in [0.25, 0.3) is 0 Å². The van der Waals surface area contributed by atoms with E-state index in [0.29, 0.717) is 11.5 Å². The van der Waals surface area contributed by atoms with Crippen molar-refractivity contribution >= 4 is 10.8 Å². The minimum atomic E-state index is -0.894. The normalized spacial score (nSPS) is 12.5. The Morgan fingerprint density at radius 2 is 1.80 bits per heavy atom. The van der Waals surface area contributed by atoms with E-state index < -0.39 is 10.8 Å². The van der Waals surface area contributed by atoms with Gasteiger partial charge in [0, 0.05) is 16.6 Å². The van der Waals surface area contributed by atoms with Crippen LogP contribution in [0.4, 0.5) is 0 Å². The van der Waals surface area contributed by atoms with Crippen LogP contribution in [0.1, 0.15) is 11.3 Å². The molecule has 1 unspecified atom stereocenters. The summed E-state index contributed by atoms with van der Waals surface area (Å²) in [5, 5.41) is 0. The van der Waals surface area contributed by atoms with Crippen molar-refractivity contribution in [1.29, 1.82) is 0 Å². The van der Waals surface area contributed by atoms with Gasteiger partial charge in [0.2, 0.25) is 0 Å². The van der Waals surface area contributed by atoms with E-state index in [2.05, 4.69) is 0 Å². The summed E-state index contributed by atoms with van der Waals surface area (Å²) in [5.41, 5.74) is 1.10. The first-order valence-corrected chi connectivity index (χ1v) is 6.25. The lowest BCUT2D eigenvalue weighted by atomic mass is 10.2. The molecule has 2 rings (SSSR count). The molecule has 1 aromatic carbocycles. The molecule has 0 bridgehead atoms. The first-order valence-electron chi connectivity index (χ1n) is 4.76. The summed E-state index contributed by atoms with van der Waals surface area (Å²) in [7, 11) is -0.894. The lowest BCUT2D eigenvalue weighted by molar-refractivity contribution is 0.527. The highest BCUT2D eigenvalue weighted by molar-refractivity contribution is 7.83. The minimum absolute atomic E-state index is 0.488. The van der Waals surface area contributed by atoms with Gasteiger partial charge in [0.1, 0.15) is 5.76 Å². The Hall–Kier alpha value is -1.35. The summed E-state index contributed by atoms with van der Waals surface area (Å²) in [6.45, 7) is 0. The molecule has 0 saturated heterocycles. The number of hydrogen-bond acceptors (Lipinski definition) is 2. The molecule has 1 aromatic heterocycles. The highest BCUT2D eigenvalue weighted by Crippen LogP contribution is 2.09. The summed E-state index contributed by atoms with van der Waals surface area (Å²) in [6.07, 6.45) is 1.61. The van der Waals surface area contributed by atoms with Crippen LogP contribution >= 0.6 is 0 Å². The smallest absolute Gasteiger partial charge is 0.116 e. The molecule has 2 nitrogen and oxygen atoms in total. The molecule has 1 atom stereocenters. The van der Waals surface area contributed by atoms with Crippen molar-refractivity contribution in [3.8, 4) is 0 Å². The van der Waals surface area contributed by atoms with Crippen LogP contribution in [0.15, 0.2) is 53.1 Å². The molecule has 3 heteroatoms. The van der Waals surface area contributed by atoms with Crippen molar-refractivity contribution in [3.63, 3.8) is 0 Å². The maximum absolute atomic E-state index is 11.7. The zero-order chi connectivity index (χ0) is 10.5. The SMILES string of the molecule is O=S(Cc1ccccc1)Cc1ccco1. The molecule has 15 heavy (non-hydrogen) atoms. The van der Waals surface area contributed by atoms with Crippen molar-refractivity contribution in [2.45, 2.75) is 11.5 Å². The average molecular weight is 220 g/mol. The quantitative estimate of drug-likeness (QED) is 0.793. The van der Waals surface area contributed by atoms with Gasteiger partial charge in [0.05, 0.1) is 12.0 Å². The molecule has 0 radical (unpaired) electrons. The lowest BCUT2D eigenvalue weighted by Gasteiger charge is -2.00. The van der Waals surface area contributed by atoms with Crippen LogP contribution in [0, 0.1) is 0 Å². The fourth-order valence-electron chi connectivity index (χ4n) is 1.36. The molecular weight excluding hydrogens is 208 g/mol. The van der Waals surface area contributed by atoms with E-state index in [1.807, 2.05) is 42.5 Å². The van der Waals surface area contributed by atoms with Crippen LogP contribution in [-0.2, 0) is 22.3 Å². The predicted octanol–water partition coefficient (Wildman–Crippen LogP) is 2.73. The maximum atomic E-state index is 11.7. The van der Waals surface area contributed by atoms with Crippen LogP contribution < -0.4 is 0 Å². The lowest BCUT2D eigenvalue weighted by Crippen LogP contribution is -1.98. The zero-order valence-electron chi connectivity index (χ0n) is 8.26. The van der Waals surface area contributed by atoms with Gasteiger partial charge in [-0.3, -0.25) is 4.21 Å². The van der Waals surface area contributed by atoms with Crippen molar-refractivity contribution < 1.29 is 8.63 Å². The molecular formula is C12H12O2S. The van der Waals surface area contributed by atoms with E-state index in [0.717, 1.165) is 11.3 Å². The van der Waals surface area contributed by atoms with Crippen molar-refractivity contribution in [2.24, 2.45) is 0 Å². The highest BCUT2D eigenvalue weighted by atomic mass is 32.2. The van der Waals surface area contributed by atoms with Crippen LogP contribution in [-0.4, -0.2) is 4.21 Å². The third-order valence-electron chi connectivity index (χ3n) is 2.05. The number of rotatable bonds is 4. The molecule has 0 saturated carbocycles. The second kappa shape index (κ2) is 4.94. The van der Waals surface area contributed by atoms with Crippen LogP contribution in [0.2, 0.25) is 0 Å². The second-order valence-electron chi connectivity index (χ2n) is 3.29. The molecule has 0 fully saturated rings. The standard InChI is InChI=1S/C12H12O2S/c13-15(10-12-7-4-8-14-12)9-11-5-2-1-3-6-11/h1-8H,9-10H2. The molecule has 78 valence electrons. The number of hydrogen-bond donors (Lipinski definition) is 0. The van der Waals surface area contributed by atoms with E-state index in [-0.39, 0.29) is 0 Å². The van der Waals surface area contributed by atoms with Gasteiger partial charge in [-0.2, -0.15) is 0 Å². The molecule has 2 aromatic rings. The van der Waals surface area contributed by atoms with Gasteiger partial charge in [-0.25, -0.2) is 0 Å². The Morgan fingerprint density at radius 1 is 1.00 bits per heavy atom. The minimum Gasteiger partial charge on any atom is -0.468 e. The van der Waals surface area contributed by atoms with Crippen molar-refractivity contribution in [2.75, 3.05) is 0 Å². The first-order chi connectivity index (χ1) is 7.34. The molecule has 0 aliphatic rings. The van der Waals surface area contributed by atoms with Gasteiger partial charge < -0.3 is 4.42 Å². The van der Waals surface area contributed by atoms with E-state index in [9.17, 15) is 4.21 Å². The monoisotopic (exact) mass is 220 g/mol. The third kappa shape index (κ3) is 3.06. The molecule has 0 aliphatic carbocycles. The van der Waals surface area contributed by atoms with Gasteiger partial charge >= 0.3 is 0 Å². The Morgan fingerprint density at radius 3 is 2.47 bits per heavy atom. The molecule has 0 amide bonds. The zero-order valence-corrected chi connectivity index (χ0v) is 9.07. The summed E-state index contributed by atoms with van der Waals surface area (Å²) in [5.74, 6) is 1.85. The van der Waals surface area contributed by atoms with E-state index in [1.54, 1.807) is 6.26 Å². The van der Waals surface area contributed by atoms with Crippen LogP contribution in [0.25, 0.3) is 0 Å². The number of benzene rings is 1. The largest absolute Gasteiger partial charge is 0.468 e. The van der Waals surface area contributed by atoms with E-state index in [4.69, 9.17) is 4.42 Å². The average Bonchev–Trinajstić information content (AvgIpc) is 2.71. The van der Waals surface area contributed by atoms with Crippen LogP contribution in [0.5, 0.6) is 0 Å². The van der Waals surface area contributed by atoms with Gasteiger partial charge in [0.15, 0.2) is 0 Å². The van der Waals surface area contributed by atoms with Gasteiger partial charge in [-0.15, -0.1) is 0 Å². The Labute approximate surface area is 91.4 Å². The Bertz CT molecular complexity index is 420. The molecule has 0 aliphatic heterocycles. The van der Waals surface area contributed by atoms with Crippen molar-refractivity contribution in [1.82, 2.24) is 0 Å². The highest BCUT2D eigenvalue weighted by Gasteiger charge is 2.04. The Balaban J connectivity index is 1.94. The van der Waals surface area contributed by atoms with E-state index >= 15 is 0 Å². The fourth-order valence-corrected chi connectivity index (χ4v) is 2.51. The van der Waals surface area contributed by atoms with Crippen LogP contribution in [0.3, 0.4) is 0 Å². The number of furan rings is 1.